The number of amides is 2. The summed E-state index contributed by atoms with van der Waals surface area (Å²) in [6.45, 7) is 3.81. The van der Waals surface area contributed by atoms with Gasteiger partial charge >= 0.3 is 6.03 Å². The Morgan fingerprint density at radius 2 is 1.79 bits per heavy atom. The Balaban J connectivity index is 1.34. The summed E-state index contributed by atoms with van der Waals surface area (Å²) in [5, 5.41) is 6.13. The number of carbonyl (C=O) groups is 1. The third-order valence-electron chi connectivity index (χ3n) is 5.22. The largest absolute Gasteiger partial charge is 0.356 e. The van der Waals surface area contributed by atoms with Crippen molar-refractivity contribution in [3.63, 3.8) is 0 Å². The van der Waals surface area contributed by atoms with Gasteiger partial charge in [-0.3, -0.25) is 4.98 Å². The lowest BCUT2D eigenvalue weighted by Crippen LogP contribution is -2.46. The number of urea groups is 1. The van der Waals surface area contributed by atoms with Gasteiger partial charge in [0, 0.05) is 43.3 Å². The van der Waals surface area contributed by atoms with Crippen molar-refractivity contribution < 1.29 is 4.79 Å². The predicted molar refractivity (Wildman–Crippen MR) is 116 cm³/mol. The van der Waals surface area contributed by atoms with Crippen LogP contribution in [0.1, 0.15) is 18.4 Å². The minimum absolute atomic E-state index is 0.157. The van der Waals surface area contributed by atoms with E-state index in [0.717, 1.165) is 54.1 Å². The van der Waals surface area contributed by atoms with Gasteiger partial charge in [-0.15, -0.1) is 0 Å². The van der Waals surface area contributed by atoms with E-state index in [1.165, 1.54) is 0 Å². The molecule has 4 rings (SSSR count). The van der Waals surface area contributed by atoms with Gasteiger partial charge in [0.2, 0.25) is 0 Å². The van der Waals surface area contributed by atoms with E-state index in [-0.39, 0.29) is 12.1 Å². The molecule has 0 atom stereocenters. The van der Waals surface area contributed by atoms with Crippen molar-refractivity contribution in [1.82, 2.24) is 15.3 Å². The molecule has 6 heteroatoms. The van der Waals surface area contributed by atoms with Crippen LogP contribution in [0.4, 0.5) is 16.3 Å². The Kier molecular flexibility index (Phi) is 5.70. The van der Waals surface area contributed by atoms with Crippen LogP contribution in [0.3, 0.4) is 0 Å². The molecule has 3 heterocycles. The number of hydrogen-bond donors (Lipinski definition) is 2. The third kappa shape index (κ3) is 4.71. The molecule has 6 nitrogen and oxygen atoms in total. The van der Waals surface area contributed by atoms with Crippen molar-refractivity contribution in [1.29, 1.82) is 0 Å². The molecule has 1 aliphatic rings. The summed E-state index contributed by atoms with van der Waals surface area (Å²) in [6, 6.07) is 15.8. The molecule has 0 saturated carbocycles. The Bertz CT molecular complexity index is 951. The first-order valence-corrected chi connectivity index (χ1v) is 9.93. The molecular weight excluding hydrogens is 362 g/mol. The number of pyridine rings is 2. The first-order valence-electron chi connectivity index (χ1n) is 9.93. The molecule has 1 aliphatic heterocycles. The van der Waals surface area contributed by atoms with E-state index in [1.807, 2.05) is 49.5 Å². The van der Waals surface area contributed by atoms with E-state index in [2.05, 4.69) is 37.6 Å². The van der Waals surface area contributed by atoms with Gasteiger partial charge in [0.05, 0.1) is 5.69 Å². The minimum Gasteiger partial charge on any atom is -0.356 e. The van der Waals surface area contributed by atoms with Crippen LogP contribution in [0, 0.1) is 6.92 Å². The number of hydrogen-bond acceptors (Lipinski definition) is 4. The molecule has 29 heavy (non-hydrogen) atoms. The first-order chi connectivity index (χ1) is 14.2. The average molecular weight is 387 g/mol. The van der Waals surface area contributed by atoms with Gasteiger partial charge in [-0.25, -0.2) is 9.78 Å². The highest BCUT2D eigenvalue weighted by atomic mass is 16.2. The van der Waals surface area contributed by atoms with Gasteiger partial charge in [-0.05, 0) is 55.2 Å². The van der Waals surface area contributed by atoms with Crippen molar-refractivity contribution >= 4 is 17.5 Å². The molecule has 0 unspecified atom stereocenters. The molecule has 2 N–H and O–H groups in total. The van der Waals surface area contributed by atoms with Gasteiger partial charge in [-0.1, -0.05) is 24.3 Å². The number of anilines is 2. The second-order valence-corrected chi connectivity index (χ2v) is 7.34. The number of benzene rings is 1. The van der Waals surface area contributed by atoms with Gasteiger partial charge in [0.15, 0.2) is 0 Å². The fourth-order valence-corrected chi connectivity index (χ4v) is 3.62. The molecule has 1 aromatic carbocycles. The first kappa shape index (κ1) is 18.9. The third-order valence-corrected chi connectivity index (χ3v) is 5.22. The van der Waals surface area contributed by atoms with Crippen molar-refractivity contribution in [2.75, 3.05) is 23.3 Å². The van der Waals surface area contributed by atoms with Crippen molar-refractivity contribution in [2.45, 2.75) is 25.8 Å². The maximum atomic E-state index is 12.6. The van der Waals surface area contributed by atoms with Crippen LogP contribution in [-0.4, -0.2) is 35.1 Å². The summed E-state index contributed by atoms with van der Waals surface area (Å²) in [7, 11) is 0. The average Bonchev–Trinajstić information content (AvgIpc) is 2.76. The van der Waals surface area contributed by atoms with Gasteiger partial charge in [-0.2, -0.15) is 0 Å². The number of piperidine rings is 1. The SMILES string of the molecule is Cc1ccc(N2CCC(NC(=O)Nc3ccccc3-c3ccncc3)CC2)nc1. The maximum Gasteiger partial charge on any atom is 0.319 e. The lowest BCUT2D eigenvalue weighted by atomic mass is 10.0. The molecule has 3 aromatic rings. The molecular formula is C23H25N5O. The molecule has 148 valence electrons. The minimum atomic E-state index is -0.168. The highest BCUT2D eigenvalue weighted by Gasteiger charge is 2.21. The fourth-order valence-electron chi connectivity index (χ4n) is 3.62. The van der Waals surface area contributed by atoms with Crippen LogP contribution in [0.2, 0.25) is 0 Å². The zero-order valence-corrected chi connectivity index (χ0v) is 16.5. The molecule has 0 radical (unpaired) electrons. The number of rotatable bonds is 4. The smallest absolute Gasteiger partial charge is 0.319 e. The molecule has 1 fully saturated rings. The standard InChI is InChI=1S/C23H25N5O/c1-17-6-7-22(25-16-17)28-14-10-19(11-15-28)26-23(29)27-21-5-3-2-4-20(21)18-8-12-24-13-9-18/h2-9,12-13,16,19H,10-11,14-15H2,1H3,(H2,26,27,29). The Labute approximate surface area is 171 Å². The van der Waals surface area contributed by atoms with E-state index in [1.54, 1.807) is 12.4 Å². The number of para-hydroxylation sites is 1. The summed E-state index contributed by atoms with van der Waals surface area (Å²) >= 11 is 0. The van der Waals surface area contributed by atoms with Gasteiger partial charge in [0.25, 0.3) is 0 Å². The zero-order chi connectivity index (χ0) is 20.1. The number of aryl methyl sites for hydroxylation is 1. The zero-order valence-electron chi connectivity index (χ0n) is 16.5. The summed E-state index contributed by atoms with van der Waals surface area (Å²) in [6.07, 6.45) is 7.20. The normalized spacial score (nSPS) is 14.4. The second kappa shape index (κ2) is 8.73. The highest BCUT2D eigenvalue weighted by molar-refractivity contribution is 5.94. The molecule has 2 amide bonds. The van der Waals surface area contributed by atoms with Crippen molar-refractivity contribution in [2.24, 2.45) is 0 Å². The van der Waals surface area contributed by atoms with E-state index < -0.39 is 0 Å². The number of nitrogens with zero attached hydrogens (tertiary/aromatic N) is 3. The van der Waals surface area contributed by atoms with E-state index in [9.17, 15) is 4.79 Å². The fraction of sp³-hybridized carbons (Fsp3) is 0.261. The summed E-state index contributed by atoms with van der Waals surface area (Å²) in [4.78, 5) is 23.4. The van der Waals surface area contributed by atoms with Crippen molar-refractivity contribution in [3.8, 4) is 11.1 Å². The number of carbonyl (C=O) groups excluding carboxylic acids is 1. The Morgan fingerprint density at radius 1 is 1.03 bits per heavy atom. The van der Waals surface area contributed by atoms with E-state index in [4.69, 9.17) is 0 Å². The van der Waals surface area contributed by atoms with Crippen LogP contribution >= 0.6 is 0 Å². The summed E-state index contributed by atoms with van der Waals surface area (Å²) in [5.74, 6) is 1.00. The van der Waals surface area contributed by atoms with Gasteiger partial charge < -0.3 is 15.5 Å². The summed E-state index contributed by atoms with van der Waals surface area (Å²) in [5.41, 5.74) is 3.95. The van der Waals surface area contributed by atoms with Crippen LogP contribution in [-0.2, 0) is 0 Å². The Morgan fingerprint density at radius 3 is 2.52 bits per heavy atom. The molecule has 0 spiro atoms. The number of aromatic nitrogens is 2. The van der Waals surface area contributed by atoms with Crippen molar-refractivity contribution in [3.05, 3.63) is 72.7 Å². The quantitative estimate of drug-likeness (QED) is 0.702. The lowest BCUT2D eigenvalue weighted by molar-refractivity contribution is 0.246. The van der Waals surface area contributed by atoms with Crippen LogP contribution in [0.15, 0.2) is 67.1 Å². The lowest BCUT2D eigenvalue weighted by Gasteiger charge is -2.33. The number of nitrogens with one attached hydrogen (secondary N) is 2. The predicted octanol–water partition coefficient (Wildman–Crippen LogP) is 4.24. The maximum absolute atomic E-state index is 12.6. The van der Waals surface area contributed by atoms with Gasteiger partial charge in [0.1, 0.15) is 5.82 Å². The van der Waals surface area contributed by atoms with Crippen LogP contribution < -0.4 is 15.5 Å². The molecule has 2 aromatic heterocycles. The second-order valence-electron chi connectivity index (χ2n) is 7.34. The van der Waals surface area contributed by atoms with Crippen LogP contribution in [0.25, 0.3) is 11.1 Å². The Hall–Kier alpha value is -3.41. The van der Waals surface area contributed by atoms with Crippen LogP contribution in [0.5, 0.6) is 0 Å². The van der Waals surface area contributed by atoms with E-state index in [0.29, 0.717) is 0 Å². The summed E-state index contributed by atoms with van der Waals surface area (Å²) < 4.78 is 0. The molecule has 1 saturated heterocycles. The molecule has 0 aliphatic carbocycles. The topological polar surface area (TPSA) is 70.2 Å². The highest BCUT2D eigenvalue weighted by Crippen LogP contribution is 2.27. The molecule has 0 bridgehead atoms. The van der Waals surface area contributed by atoms with E-state index >= 15 is 0 Å². The monoisotopic (exact) mass is 387 g/mol.